The summed E-state index contributed by atoms with van der Waals surface area (Å²) in [6, 6.07) is 2.32. The van der Waals surface area contributed by atoms with E-state index in [-0.39, 0.29) is 12.0 Å². The highest BCUT2D eigenvalue weighted by Gasteiger charge is 2.51. The molecule has 5 fully saturated rings. The summed E-state index contributed by atoms with van der Waals surface area (Å²) in [6.45, 7) is 5.51. The van der Waals surface area contributed by atoms with Crippen LogP contribution < -0.4 is 5.32 Å². The Kier molecular flexibility index (Phi) is 5.39. The van der Waals surface area contributed by atoms with Gasteiger partial charge in [0.05, 0.1) is 24.0 Å². The highest BCUT2D eigenvalue weighted by molar-refractivity contribution is 8.01. The van der Waals surface area contributed by atoms with Crippen molar-refractivity contribution in [2.75, 3.05) is 17.7 Å². The number of nitrogens with zero attached hydrogens (tertiary/aromatic N) is 2. The lowest BCUT2D eigenvalue weighted by Crippen LogP contribution is -2.49. The van der Waals surface area contributed by atoms with Gasteiger partial charge in [-0.25, -0.2) is 0 Å². The van der Waals surface area contributed by atoms with Gasteiger partial charge in [-0.05, 0) is 88.5 Å². The number of thioether (sulfide) groups is 1. The highest BCUT2D eigenvalue weighted by atomic mass is 32.2. The second kappa shape index (κ2) is 7.91. The van der Waals surface area contributed by atoms with E-state index in [2.05, 4.69) is 16.0 Å². The molecule has 6 heteroatoms. The van der Waals surface area contributed by atoms with Gasteiger partial charge < -0.3 is 14.6 Å². The second-order valence-corrected chi connectivity index (χ2v) is 11.7. The molecule has 0 radical (unpaired) electrons. The van der Waals surface area contributed by atoms with E-state index in [1.165, 1.54) is 38.5 Å². The summed E-state index contributed by atoms with van der Waals surface area (Å²) in [5, 5.41) is 12.9. The van der Waals surface area contributed by atoms with Gasteiger partial charge in [0.25, 0.3) is 0 Å². The molecule has 4 saturated carbocycles. The average Bonchev–Trinajstić information content (AvgIpc) is 3.29. The van der Waals surface area contributed by atoms with Crippen LogP contribution in [0.5, 0.6) is 0 Å². The molecule has 1 amide bonds. The molecular weight excluding hydrogens is 394 g/mol. The van der Waals surface area contributed by atoms with E-state index >= 15 is 0 Å². The second-order valence-electron chi connectivity index (χ2n) is 10.2. The maximum Gasteiger partial charge on any atom is 0.235 e. The Hall–Kier alpha value is -1.45. The van der Waals surface area contributed by atoms with Gasteiger partial charge in [-0.15, -0.1) is 11.8 Å². The van der Waals surface area contributed by atoms with Gasteiger partial charge in [-0.3, -0.25) is 4.79 Å². The number of ether oxygens (including phenoxy) is 1. The minimum atomic E-state index is 0.0262. The van der Waals surface area contributed by atoms with Crippen LogP contribution in [0.15, 0.2) is 0 Å². The summed E-state index contributed by atoms with van der Waals surface area (Å²) in [6.07, 6.45) is 10.5. The fraction of sp³-hybridized carbons (Fsp3) is 0.750. The number of hydrogen-bond acceptors (Lipinski definition) is 4. The topological polar surface area (TPSA) is 67.0 Å². The molecule has 1 aliphatic heterocycles. The lowest BCUT2D eigenvalue weighted by atomic mass is 9.56. The van der Waals surface area contributed by atoms with Crippen molar-refractivity contribution in [1.29, 1.82) is 5.26 Å². The quantitative estimate of drug-likeness (QED) is 0.708. The molecule has 1 N–H and O–H groups in total. The number of nitriles is 1. The maximum absolute atomic E-state index is 13.0. The van der Waals surface area contributed by atoms with Gasteiger partial charge in [-0.2, -0.15) is 5.26 Å². The standard InChI is InChI=1S/C24H33N3O2S/c1-15-16(2)27(13-20-4-3-5-29-20)23(21(15)12-25)26-22(28)14-30-24-9-17-6-18(10-24)8-19(7-17)11-24/h17-20H,3-11,13-14H2,1-2H3,(H,26,28)/t17?,18?,19?,20-,24?/m1/s1. The van der Waals surface area contributed by atoms with Crippen molar-refractivity contribution < 1.29 is 9.53 Å². The van der Waals surface area contributed by atoms with Gasteiger partial charge in [0.15, 0.2) is 0 Å². The van der Waals surface area contributed by atoms with Crippen LogP contribution >= 0.6 is 11.8 Å². The monoisotopic (exact) mass is 427 g/mol. The van der Waals surface area contributed by atoms with Crippen LogP contribution in [-0.4, -0.2) is 33.7 Å². The number of carbonyl (C=O) groups excluding carboxylic acids is 1. The van der Waals surface area contributed by atoms with Gasteiger partial charge in [0.1, 0.15) is 11.9 Å². The fourth-order valence-electron chi connectivity index (χ4n) is 6.95. The molecule has 0 unspecified atom stereocenters. The summed E-state index contributed by atoms with van der Waals surface area (Å²) < 4.78 is 8.24. The van der Waals surface area contributed by atoms with Crippen molar-refractivity contribution in [2.45, 2.75) is 82.6 Å². The minimum absolute atomic E-state index is 0.0262. The number of hydrogen-bond donors (Lipinski definition) is 1. The van der Waals surface area contributed by atoms with Gasteiger partial charge in [0.2, 0.25) is 5.91 Å². The van der Waals surface area contributed by atoms with Crippen LogP contribution in [0.3, 0.4) is 0 Å². The van der Waals surface area contributed by atoms with Gasteiger partial charge in [0, 0.05) is 17.0 Å². The predicted octanol–water partition coefficient (Wildman–Crippen LogP) is 4.80. The molecule has 1 aromatic rings. The van der Waals surface area contributed by atoms with Crippen molar-refractivity contribution in [3.8, 4) is 6.07 Å². The smallest absolute Gasteiger partial charge is 0.235 e. The normalized spacial score (nSPS) is 34.3. The van der Waals surface area contributed by atoms with E-state index < -0.39 is 0 Å². The first-order valence-corrected chi connectivity index (χ1v) is 12.6. The molecular formula is C24H33N3O2S. The molecule has 1 aromatic heterocycles. The Bertz CT molecular complexity index is 843. The van der Waals surface area contributed by atoms with E-state index in [1.807, 2.05) is 25.6 Å². The molecule has 4 aliphatic carbocycles. The Morgan fingerprint density at radius 2 is 1.90 bits per heavy atom. The Labute approximate surface area is 183 Å². The van der Waals surface area contributed by atoms with Crippen molar-refractivity contribution >= 4 is 23.5 Å². The van der Waals surface area contributed by atoms with Crippen molar-refractivity contribution in [3.63, 3.8) is 0 Å². The Balaban J connectivity index is 1.28. The van der Waals surface area contributed by atoms with E-state index in [1.54, 1.807) is 0 Å². The molecule has 2 heterocycles. The zero-order chi connectivity index (χ0) is 20.9. The molecule has 162 valence electrons. The number of rotatable bonds is 6. The van der Waals surface area contributed by atoms with Gasteiger partial charge in [-0.1, -0.05) is 0 Å². The van der Waals surface area contributed by atoms with Crippen molar-refractivity contribution in [2.24, 2.45) is 17.8 Å². The SMILES string of the molecule is Cc1c(C#N)c(NC(=O)CSC23CC4CC(CC(C4)C2)C3)n(C[C@H]2CCCO2)c1C. The third-order valence-electron chi connectivity index (χ3n) is 8.10. The van der Waals surface area contributed by atoms with Crippen molar-refractivity contribution in [1.82, 2.24) is 4.57 Å². The first-order chi connectivity index (χ1) is 14.5. The highest BCUT2D eigenvalue weighted by Crippen LogP contribution is 2.60. The first kappa shape index (κ1) is 20.5. The van der Waals surface area contributed by atoms with Crippen LogP contribution in [0.1, 0.15) is 68.2 Å². The zero-order valence-electron chi connectivity index (χ0n) is 18.2. The van der Waals surface area contributed by atoms with Crippen molar-refractivity contribution in [3.05, 3.63) is 16.8 Å². The lowest BCUT2D eigenvalue weighted by Gasteiger charge is -2.56. The largest absolute Gasteiger partial charge is 0.376 e. The van der Waals surface area contributed by atoms with E-state index in [0.29, 0.717) is 28.4 Å². The molecule has 5 aliphatic rings. The zero-order valence-corrected chi connectivity index (χ0v) is 19.0. The van der Waals surface area contributed by atoms with E-state index in [9.17, 15) is 10.1 Å². The number of nitrogens with one attached hydrogen (secondary N) is 1. The molecule has 1 atom stereocenters. The van der Waals surface area contributed by atoms with Crippen LogP contribution in [-0.2, 0) is 16.1 Å². The summed E-state index contributed by atoms with van der Waals surface area (Å²) in [5.41, 5.74) is 2.60. The number of amides is 1. The van der Waals surface area contributed by atoms with Crippen LogP contribution in [0.2, 0.25) is 0 Å². The molecule has 1 saturated heterocycles. The average molecular weight is 428 g/mol. The predicted molar refractivity (Wildman–Crippen MR) is 120 cm³/mol. The molecule has 6 rings (SSSR count). The van der Waals surface area contributed by atoms with E-state index in [4.69, 9.17) is 4.74 Å². The summed E-state index contributed by atoms with van der Waals surface area (Å²) in [5.74, 6) is 3.86. The molecule has 0 spiro atoms. The molecule has 5 nitrogen and oxygen atoms in total. The minimum Gasteiger partial charge on any atom is -0.376 e. The summed E-state index contributed by atoms with van der Waals surface area (Å²) in [4.78, 5) is 13.0. The molecule has 30 heavy (non-hydrogen) atoms. The number of aromatic nitrogens is 1. The number of anilines is 1. The third kappa shape index (κ3) is 3.69. The Morgan fingerprint density at radius 3 is 2.47 bits per heavy atom. The lowest BCUT2D eigenvalue weighted by molar-refractivity contribution is -0.113. The molecule has 0 aromatic carbocycles. The van der Waals surface area contributed by atoms with E-state index in [0.717, 1.165) is 48.5 Å². The van der Waals surface area contributed by atoms with Crippen LogP contribution in [0.25, 0.3) is 0 Å². The fourth-order valence-corrected chi connectivity index (χ4v) is 8.52. The Morgan fingerprint density at radius 1 is 1.23 bits per heavy atom. The summed E-state index contributed by atoms with van der Waals surface area (Å²) in [7, 11) is 0. The summed E-state index contributed by atoms with van der Waals surface area (Å²) >= 11 is 1.90. The van der Waals surface area contributed by atoms with Gasteiger partial charge >= 0.3 is 0 Å². The number of carbonyl (C=O) groups is 1. The third-order valence-corrected chi connectivity index (χ3v) is 9.62. The van der Waals surface area contributed by atoms with Crippen LogP contribution in [0, 0.1) is 42.9 Å². The molecule has 4 bridgehead atoms. The van der Waals surface area contributed by atoms with Crippen LogP contribution in [0.4, 0.5) is 5.82 Å². The maximum atomic E-state index is 13.0. The first-order valence-electron chi connectivity index (χ1n) is 11.6.